The van der Waals surface area contributed by atoms with Crippen LogP contribution in [0.1, 0.15) is 5.56 Å². The van der Waals surface area contributed by atoms with Crippen LogP contribution in [0.2, 0.25) is 0 Å². The van der Waals surface area contributed by atoms with Gasteiger partial charge in [0, 0.05) is 6.07 Å². The average Bonchev–Trinajstić information content (AvgIpc) is 2.81. The molecule has 0 amide bonds. The third-order valence-corrected chi connectivity index (χ3v) is 2.35. The standard InChI is InChI=1S/C14H10O3/c15-12-7-5-11(14(17)9-12)6-8-13(16)10-3-1-2-4-10/h1-5,7,9-10,15,17H. The zero-order valence-electron chi connectivity index (χ0n) is 8.92. The Bertz CT molecular complexity index is 559. The molecule has 0 bridgehead atoms. The molecule has 3 heteroatoms. The van der Waals surface area contributed by atoms with Gasteiger partial charge in [0.25, 0.3) is 0 Å². The van der Waals surface area contributed by atoms with Crippen LogP contribution in [0, 0.1) is 17.8 Å². The van der Waals surface area contributed by atoms with E-state index in [2.05, 4.69) is 11.8 Å². The molecule has 0 aromatic heterocycles. The van der Waals surface area contributed by atoms with Crippen molar-refractivity contribution in [3.8, 4) is 23.3 Å². The van der Waals surface area contributed by atoms with Gasteiger partial charge in [-0.15, -0.1) is 0 Å². The second-order valence-electron chi connectivity index (χ2n) is 3.61. The summed E-state index contributed by atoms with van der Waals surface area (Å²) in [7, 11) is 0. The molecule has 3 nitrogen and oxygen atoms in total. The van der Waals surface area contributed by atoms with E-state index in [-0.39, 0.29) is 23.2 Å². The summed E-state index contributed by atoms with van der Waals surface area (Å²) in [6, 6.07) is 4.05. The van der Waals surface area contributed by atoms with Gasteiger partial charge in [0.15, 0.2) is 0 Å². The highest BCUT2D eigenvalue weighted by molar-refractivity contribution is 6.00. The van der Waals surface area contributed by atoms with Crippen LogP contribution in [-0.2, 0) is 4.79 Å². The lowest BCUT2D eigenvalue weighted by molar-refractivity contribution is -0.114. The fourth-order valence-corrected chi connectivity index (χ4v) is 1.44. The number of carbonyl (C=O) groups excluding carboxylic acids is 1. The third kappa shape index (κ3) is 2.56. The highest BCUT2D eigenvalue weighted by Crippen LogP contribution is 2.21. The number of rotatable bonds is 1. The molecule has 0 aliphatic heterocycles. The lowest BCUT2D eigenvalue weighted by atomic mass is 10.1. The van der Waals surface area contributed by atoms with Crippen molar-refractivity contribution < 1.29 is 15.0 Å². The topological polar surface area (TPSA) is 57.5 Å². The number of phenols is 2. The largest absolute Gasteiger partial charge is 0.508 e. The van der Waals surface area contributed by atoms with Crippen molar-refractivity contribution in [3.05, 3.63) is 48.1 Å². The first kappa shape index (κ1) is 11.0. The highest BCUT2D eigenvalue weighted by atomic mass is 16.3. The summed E-state index contributed by atoms with van der Waals surface area (Å²) >= 11 is 0. The summed E-state index contributed by atoms with van der Waals surface area (Å²) in [5.41, 5.74) is 0.321. The number of phenolic OH excluding ortho intramolecular Hbond substituents is 2. The van der Waals surface area contributed by atoms with Gasteiger partial charge >= 0.3 is 0 Å². The minimum Gasteiger partial charge on any atom is -0.508 e. The van der Waals surface area contributed by atoms with Crippen molar-refractivity contribution in [3.63, 3.8) is 0 Å². The summed E-state index contributed by atoms with van der Waals surface area (Å²) < 4.78 is 0. The van der Waals surface area contributed by atoms with E-state index in [4.69, 9.17) is 5.11 Å². The molecule has 0 saturated heterocycles. The van der Waals surface area contributed by atoms with Crippen molar-refractivity contribution in [1.82, 2.24) is 0 Å². The zero-order chi connectivity index (χ0) is 12.3. The predicted molar refractivity (Wildman–Crippen MR) is 63.4 cm³/mol. The summed E-state index contributed by atoms with van der Waals surface area (Å²) in [5, 5.41) is 18.6. The van der Waals surface area contributed by atoms with Gasteiger partial charge in [-0.05, 0) is 18.1 Å². The molecule has 0 atom stereocenters. The molecule has 0 fully saturated rings. The lowest BCUT2D eigenvalue weighted by Crippen LogP contribution is -2.04. The molecule has 1 aliphatic rings. The Labute approximate surface area is 98.7 Å². The number of allylic oxidation sites excluding steroid dienone is 4. The molecular weight excluding hydrogens is 216 g/mol. The molecule has 2 N–H and O–H groups in total. The van der Waals surface area contributed by atoms with E-state index >= 15 is 0 Å². The van der Waals surface area contributed by atoms with Crippen LogP contribution < -0.4 is 0 Å². The minimum atomic E-state index is -0.290. The molecular formula is C14H10O3. The van der Waals surface area contributed by atoms with Gasteiger partial charge in [0.05, 0.1) is 11.5 Å². The number of benzene rings is 1. The van der Waals surface area contributed by atoms with Gasteiger partial charge in [-0.2, -0.15) is 0 Å². The Kier molecular flexibility index (Phi) is 2.97. The van der Waals surface area contributed by atoms with Gasteiger partial charge in [0.1, 0.15) is 11.5 Å². The summed E-state index contributed by atoms with van der Waals surface area (Å²) in [6.45, 7) is 0. The zero-order valence-corrected chi connectivity index (χ0v) is 8.92. The van der Waals surface area contributed by atoms with Crippen LogP contribution in [-0.4, -0.2) is 16.0 Å². The maximum absolute atomic E-state index is 11.6. The first-order valence-corrected chi connectivity index (χ1v) is 5.09. The Morgan fingerprint density at radius 3 is 2.53 bits per heavy atom. The Morgan fingerprint density at radius 2 is 1.88 bits per heavy atom. The molecule has 1 aromatic rings. The Hall–Kier alpha value is -2.47. The number of hydrogen-bond donors (Lipinski definition) is 2. The predicted octanol–water partition coefficient (Wildman–Crippen LogP) is 1.76. The third-order valence-electron chi connectivity index (χ3n) is 2.35. The van der Waals surface area contributed by atoms with E-state index in [0.29, 0.717) is 5.56 Å². The van der Waals surface area contributed by atoms with Crippen LogP contribution >= 0.6 is 0 Å². The van der Waals surface area contributed by atoms with E-state index in [9.17, 15) is 9.90 Å². The van der Waals surface area contributed by atoms with E-state index < -0.39 is 0 Å². The van der Waals surface area contributed by atoms with Crippen LogP contribution in [0.15, 0.2) is 42.5 Å². The molecule has 0 saturated carbocycles. The van der Waals surface area contributed by atoms with E-state index in [1.807, 2.05) is 0 Å². The smallest absolute Gasteiger partial charge is 0.216 e. The monoisotopic (exact) mass is 226 g/mol. The minimum absolute atomic E-state index is 0.0407. The van der Waals surface area contributed by atoms with Crippen LogP contribution in [0.25, 0.3) is 0 Å². The van der Waals surface area contributed by atoms with Crippen molar-refractivity contribution >= 4 is 5.78 Å². The molecule has 0 radical (unpaired) electrons. The molecule has 0 unspecified atom stereocenters. The van der Waals surface area contributed by atoms with Crippen molar-refractivity contribution in [1.29, 1.82) is 0 Å². The maximum atomic E-state index is 11.6. The molecule has 1 aromatic carbocycles. The number of hydrogen-bond acceptors (Lipinski definition) is 3. The van der Waals surface area contributed by atoms with Gasteiger partial charge in [-0.25, -0.2) is 0 Å². The van der Waals surface area contributed by atoms with Crippen LogP contribution in [0.5, 0.6) is 11.5 Å². The van der Waals surface area contributed by atoms with Gasteiger partial charge in [-0.3, -0.25) is 4.79 Å². The molecule has 2 rings (SSSR count). The van der Waals surface area contributed by atoms with E-state index in [0.717, 1.165) is 0 Å². The maximum Gasteiger partial charge on any atom is 0.216 e. The van der Waals surface area contributed by atoms with Crippen molar-refractivity contribution in [2.45, 2.75) is 0 Å². The van der Waals surface area contributed by atoms with Crippen molar-refractivity contribution in [2.24, 2.45) is 5.92 Å². The number of ketones is 1. The summed E-state index contributed by atoms with van der Waals surface area (Å²) in [4.78, 5) is 11.6. The number of Topliss-reactive ketones (excluding diaryl/α,β-unsaturated/α-hetero) is 1. The number of aromatic hydroxyl groups is 2. The summed E-state index contributed by atoms with van der Waals surface area (Å²) in [6.07, 6.45) is 7.10. The van der Waals surface area contributed by atoms with E-state index in [1.165, 1.54) is 18.2 Å². The molecule has 0 spiro atoms. The van der Waals surface area contributed by atoms with Crippen molar-refractivity contribution in [2.75, 3.05) is 0 Å². The van der Waals surface area contributed by atoms with Crippen LogP contribution in [0.3, 0.4) is 0 Å². The van der Waals surface area contributed by atoms with Gasteiger partial charge in [0.2, 0.25) is 5.78 Å². The highest BCUT2D eigenvalue weighted by Gasteiger charge is 2.11. The fraction of sp³-hybridized carbons (Fsp3) is 0.0714. The van der Waals surface area contributed by atoms with Gasteiger partial charge < -0.3 is 10.2 Å². The SMILES string of the molecule is O=C(C#Cc1ccc(O)cc1O)C1C=CC=C1. The van der Waals surface area contributed by atoms with E-state index in [1.54, 1.807) is 24.3 Å². The second-order valence-corrected chi connectivity index (χ2v) is 3.61. The quantitative estimate of drug-likeness (QED) is 0.717. The normalized spacial score (nSPS) is 13.4. The van der Waals surface area contributed by atoms with Crippen LogP contribution in [0.4, 0.5) is 0 Å². The molecule has 0 heterocycles. The lowest BCUT2D eigenvalue weighted by Gasteiger charge is -1.98. The second kappa shape index (κ2) is 4.58. The Balaban J connectivity index is 2.18. The first-order chi connectivity index (χ1) is 8.16. The molecule has 17 heavy (non-hydrogen) atoms. The summed E-state index contributed by atoms with van der Waals surface area (Å²) in [5.74, 6) is 4.37. The fourth-order valence-electron chi connectivity index (χ4n) is 1.44. The first-order valence-electron chi connectivity index (χ1n) is 5.09. The Morgan fingerprint density at radius 1 is 1.18 bits per heavy atom. The molecule has 1 aliphatic carbocycles. The molecule has 84 valence electrons. The van der Waals surface area contributed by atoms with Gasteiger partial charge in [-0.1, -0.05) is 30.2 Å². The number of carbonyl (C=O) groups is 1. The average molecular weight is 226 g/mol.